The van der Waals surface area contributed by atoms with Crippen LogP contribution in [0, 0.1) is 0 Å². The van der Waals surface area contributed by atoms with Crippen LogP contribution >= 0.6 is 22.7 Å². The lowest BCUT2D eigenvalue weighted by atomic mass is 10.2. The van der Waals surface area contributed by atoms with Crippen molar-refractivity contribution in [2.45, 2.75) is 42.4 Å². The molecule has 0 aliphatic rings. The molecule has 13 nitrogen and oxygen atoms in total. The third kappa shape index (κ3) is 6.89. The minimum atomic E-state index is -4.33. The molecule has 1 amide bonds. The van der Waals surface area contributed by atoms with Gasteiger partial charge in [-0.05, 0) is 48.5 Å². The minimum Gasteiger partial charge on any atom is -0.298 e. The number of thiazole rings is 2. The Morgan fingerprint density at radius 2 is 1.15 bits per heavy atom. The zero-order valence-corrected chi connectivity index (χ0v) is 29.9. The van der Waals surface area contributed by atoms with Gasteiger partial charge in [-0.15, -0.1) is 0 Å². The summed E-state index contributed by atoms with van der Waals surface area (Å²) in [6.07, 6.45) is 0. The topological polar surface area (TPSA) is 176 Å². The summed E-state index contributed by atoms with van der Waals surface area (Å²) >= 11 is 2.02. The van der Waals surface area contributed by atoms with Crippen molar-refractivity contribution in [1.29, 1.82) is 0 Å². The average Bonchev–Trinajstić information content (AvgIpc) is 3.63. The van der Waals surface area contributed by atoms with Crippen LogP contribution in [-0.2, 0) is 30.1 Å². The van der Waals surface area contributed by atoms with Gasteiger partial charge in [-0.3, -0.25) is 14.8 Å². The smallest absolute Gasteiger partial charge is 0.264 e. The first-order valence-electron chi connectivity index (χ1n) is 14.5. The van der Waals surface area contributed by atoms with E-state index in [-0.39, 0.29) is 30.5 Å². The predicted molar refractivity (Wildman–Crippen MR) is 185 cm³/mol. The first kappa shape index (κ1) is 34.8. The SMILES string of the molecule is CCN(CC)S(=O)(=O)c1ccc2nc(NC(=O)c3ccccc3S(=O)(=O)Nc3nc4ccc(S(=O)(=O)N(CC)CC)cc4s3)sc2c1. The molecule has 250 valence electrons. The van der Waals surface area contributed by atoms with Gasteiger partial charge in [-0.25, -0.2) is 35.2 Å². The van der Waals surface area contributed by atoms with Crippen molar-refractivity contribution in [1.82, 2.24) is 18.6 Å². The van der Waals surface area contributed by atoms with E-state index in [1.807, 2.05) is 0 Å². The van der Waals surface area contributed by atoms with E-state index in [9.17, 15) is 30.0 Å². The summed E-state index contributed by atoms with van der Waals surface area (Å²) in [7, 11) is -11.8. The molecule has 3 aromatic carbocycles. The second-order valence-electron chi connectivity index (χ2n) is 10.0. The number of carbonyl (C=O) groups is 1. The molecule has 0 saturated carbocycles. The lowest BCUT2D eigenvalue weighted by molar-refractivity contribution is 0.102. The predicted octanol–water partition coefficient (Wildman–Crippen LogP) is 5.02. The van der Waals surface area contributed by atoms with Crippen LogP contribution in [0.5, 0.6) is 0 Å². The van der Waals surface area contributed by atoms with Crippen molar-refractivity contribution in [2.24, 2.45) is 0 Å². The van der Waals surface area contributed by atoms with E-state index in [1.54, 1.807) is 33.8 Å². The van der Waals surface area contributed by atoms with Gasteiger partial charge in [-0.1, -0.05) is 62.5 Å². The molecule has 2 heterocycles. The Bertz CT molecular complexity index is 2290. The Kier molecular flexibility index (Phi) is 10.0. The lowest BCUT2D eigenvalue weighted by Crippen LogP contribution is -2.30. The molecule has 0 fully saturated rings. The number of nitrogens with one attached hydrogen (secondary N) is 2. The van der Waals surface area contributed by atoms with E-state index >= 15 is 0 Å². The zero-order chi connectivity index (χ0) is 34.1. The summed E-state index contributed by atoms with van der Waals surface area (Å²) in [6, 6.07) is 14.6. The molecule has 5 aromatic rings. The van der Waals surface area contributed by atoms with Crippen LogP contribution in [0.4, 0.5) is 10.3 Å². The molecular weight excluding hydrogens is 705 g/mol. The largest absolute Gasteiger partial charge is 0.298 e. The van der Waals surface area contributed by atoms with Crippen molar-refractivity contribution in [3.63, 3.8) is 0 Å². The maximum Gasteiger partial charge on any atom is 0.264 e. The van der Waals surface area contributed by atoms with Crippen LogP contribution in [0.3, 0.4) is 0 Å². The molecular formula is C29H32N6O7S5. The summed E-state index contributed by atoms with van der Waals surface area (Å²) in [6.45, 7) is 8.25. The summed E-state index contributed by atoms with van der Waals surface area (Å²) in [4.78, 5) is 21.9. The Balaban J connectivity index is 1.39. The van der Waals surface area contributed by atoms with E-state index in [1.165, 1.54) is 63.2 Å². The first-order chi connectivity index (χ1) is 22.2. The number of fused-ring (bicyclic) bond motifs is 2. The number of carbonyl (C=O) groups excluding carboxylic acids is 1. The van der Waals surface area contributed by atoms with Crippen LogP contribution in [-0.4, -0.2) is 75.9 Å². The summed E-state index contributed by atoms with van der Waals surface area (Å²) in [5.74, 6) is -0.739. The summed E-state index contributed by atoms with van der Waals surface area (Å²) in [5, 5.41) is 2.78. The Morgan fingerprint density at radius 1 is 0.681 bits per heavy atom. The molecule has 0 unspecified atom stereocenters. The second-order valence-corrected chi connectivity index (χ2v) is 17.6. The molecule has 0 spiro atoms. The summed E-state index contributed by atoms with van der Waals surface area (Å²) in [5.41, 5.74) is 0.717. The van der Waals surface area contributed by atoms with Gasteiger partial charge in [0.15, 0.2) is 10.3 Å². The molecule has 0 saturated heterocycles. The van der Waals surface area contributed by atoms with E-state index in [2.05, 4.69) is 20.0 Å². The van der Waals surface area contributed by atoms with Crippen LogP contribution in [0.2, 0.25) is 0 Å². The van der Waals surface area contributed by atoms with Gasteiger partial charge in [0.05, 0.1) is 35.8 Å². The molecule has 0 radical (unpaired) electrons. The van der Waals surface area contributed by atoms with Gasteiger partial charge in [0.2, 0.25) is 20.0 Å². The van der Waals surface area contributed by atoms with Crippen LogP contribution < -0.4 is 10.0 Å². The molecule has 2 aromatic heterocycles. The minimum absolute atomic E-state index is 0.00533. The van der Waals surface area contributed by atoms with Gasteiger partial charge in [0.25, 0.3) is 15.9 Å². The third-order valence-electron chi connectivity index (χ3n) is 7.27. The standard InChI is InChI=1S/C29H32N6O7S5/c1-5-34(6-2)46(39,40)19-13-15-22-24(17-19)43-28(30-22)32-27(36)21-11-9-10-12-26(21)45(37,38)33-29-31-23-16-14-20(18-25(23)44-29)47(41,42)35(7-3)8-4/h9-18H,5-8H2,1-4H3,(H,31,33)(H,30,32,36). The number of amides is 1. The average molecular weight is 737 g/mol. The van der Waals surface area contributed by atoms with Gasteiger partial charge in [-0.2, -0.15) is 8.61 Å². The number of benzene rings is 3. The number of hydrogen-bond donors (Lipinski definition) is 2. The maximum atomic E-state index is 13.5. The van der Waals surface area contributed by atoms with Crippen molar-refractivity contribution in [3.05, 3.63) is 66.2 Å². The number of sulfonamides is 3. The molecule has 2 N–H and O–H groups in total. The number of hydrogen-bond acceptors (Lipinski definition) is 11. The maximum absolute atomic E-state index is 13.5. The number of anilines is 2. The molecule has 0 atom stereocenters. The van der Waals surface area contributed by atoms with Crippen molar-refractivity contribution in [3.8, 4) is 0 Å². The Labute approximate surface area is 281 Å². The van der Waals surface area contributed by atoms with Gasteiger partial charge < -0.3 is 0 Å². The fourth-order valence-electron chi connectivity index (χ4n) is 4.88. The molecule has 0 bridgehead atoms. The fraction of sp³-hybridized carbons (Fsp3) is 0.276. The Morgan fingerprint density at radius 3 is 1.66 bits per heavy atom. The number of nitrogens with zero attached hydrogens (tertiary/aromatic N) is 4. The highest BCUT2D eigenvalue weighted by Crippen LogP contribution is 2.32. The fourth-order valence-corrected chi connectivity index (χ4v) is 11.2. The number of rotatable bonds is 13. The lowest BCUT2D eigenvalue weighted by Gasteiger charge is -2.18. The zero-order valence-electron chi connectivity index (χ0n) is 25.8. The van der Waals surface area contributed by atoms with Gasteiger partial charge in [0.1, 0.15) is 4.90 Å². The molecule has 0 aliphatic heterocycles. The van der Waals surface area contributed by atoms with Crippen molar-refractivity contribution < 1.29 is 30.0 Å². The highest BCUT2D eigenvalue weighted by Gasteiger charge is 2.27. The molecule has 0 aliphatic carbocycles. The van der Waals surface area contributed by atoms with E-state index in [4.69, 9.17) is 0 Å². The summed E-state index contributed by atoms with van der Waals surface area (Å²) < 4.78 is 85.0. The molecule has 47 heavy (non-hydrogen) atoms. The van der Waals surface area contributed by atoms with Gasteiger partial charge in [0, 0.05) is 26.2 Å². The van der Waals surface area contributed by atoms with Crippen LogP contribution in [0.15, 0.2) is 75.4 Å². The van der Waals surface area contributed by atoms with Crippen molar-refractivity contribution in [2.75, 3.05) is 36.2 Å². The molecule has 18 heteroatoms. The van der Waals surface area contributed by atoms with E-state index < -0.39 is 36.0 Å². The normalized spacial score (nSPS) is 12.7. The number of aromatic nitrogens is 2. The highest BCUT2D eigenvalue weighted by molar-refractivity contribution is 7.93. The van der Waals surface area contributed by atoms with Crippen molar-refractivity contribution >= 4 is 89.3 Å². The van der Waals surface area contributed by atoms with E-state index in [0.717, 1.165) is 22.7 Å². The van der Waals surface area contributed by atoms with Gasteiger partial charge >= 0.3 is 0 Å². The Hall–Kier alpha value is -3.52. The van der Waals surface area contributed by atoms with E-state index in [0.29, 0.717) is 46.6 Å². The van der Waals surface area contributed by atoms with Crippen LogP contribution in [0.25, 0.3) is 20.4 Å². The van der Waals surface area contributed by atoms with Crippen LogP contribution in [0.1, 0.15) is 38.1 Å². The molecule has 5 rings (SSSR count). The highest BCUT2D eigenvalue weighted by atomic mass is 32.2. The third-order valence-corrected chi connectivity index (χ3v) is 14.8. The second kappa shape index (κ2) is 13.5. The monoisotopic (exact) mass is 736 g/mol. The quantitative estimate of drug-likeness (QED) is 0.168. The first-order valence-corrected chi connectivity index (χ1v) is 20.5.